The van der Waals surface area contributed by atoms with Crippen molar-refractivity contribution >= 4 is 18.3 Å². The average Bonchev–Trinajstić information content (AvgIpc) is 2.24. The monoisotopic (exact) mass is 250 g/mol. The molecule has 0 saturated heterocycles. The third-order valence-electron chi connectivity index (χ3n) is 1.80. The van der Waals surface area contributed by atoms with Crippen molar-refractivity contribution in [3.05, 3.63) is 0 Å². The van der Waals surface area contributed by atoms with Gasteiger partial charge in [-0.3, -0.25) is 4.79 Å². The number of rotatable bonds is 6. The molecule has 17 heavy (non-hydrogen) atoms. The largest absolute Gasteiger partial charge is 0.505 e. The van der Waals surface area contributed by atoms with Crippen LogP contribution in [0.4, 0.5) is 9.59 Å². The van der Waals surface area contributed by atoms with Crippen molar-refractivity contribution in [2.75, 3.05) is 19.8 Å². The summed E-state index contributed by atoms with van der Waals surface area (Å²) in [5.74, 6) is -0.789. The number of hydrogen-bond donors (Lipinski definition) is 2. The number of hydrogen-bond acceptors (Lipinski definition) is 6. The van der Waals surface area contributed by atoms with Gasteiger partial charge in [0.2, 0.25) is 0 Å². The lowest BCUT2D eigenvalue weighted by atomic mass is 9.93. The van der Waals surface area contributed by atoms with Crippen LogP contribution in [0.15, 0.2) is 0 Å². The molecule has 2 N–H and O–H groups in total. The van der Waals surface area contributed by atoms with Crippen LogP contribution in [0, 0.1) is 5.41 Å². The summed E-state index contributed by atoms with van der Waals surface area (Å²) in [5.41, 5.74) is -1.49. The van der Waals surface area contributed by atoms with Crippen LogP contribution in [0.5, 0.6) is 0 Å². The molecule has 0 unspecified atom stereocenters. The molecule has 0 fully saturated rings. The highest BCUT2D eigenvalue weighted by molar-refractivity contribution is 5.77. The van der Waals surface area contributed by atoms with E-state index in [1.165, 1.54) is 6.92 Å². The van der Waals surface area contributed by atoms with Crippen molar-refractivity contribution in [1.29, 1.82) is 0 Å². The van der Waals surface area contributed by atoms with Crippen LogP contribution in [0.25, 0.3) is 0 Å². The van der Waals surface area contributed by atoms with Crippen molar-refractivity contribution in [2.24, 2.45) is 5.41 Å². The molecular weight excluding hydrogens is 236 g/mol. The molecule has 0 aromatic carbocycles. The highest BCUT2D eigenvalue weighted by Crippen LogP contribution is 2.20. The second-order valence-corrected chi connectivity index (χ2v) is 3.39. The molecule has 0 rings (SSSR count). The molecule has 0 bridgehead atoms. The third kappa shape index (κ3) is 5.59. The summed E-state index contributed by atoms with van der Waals surface area (Å²) in [6.07, 6.45) is -3.15. The number of carbonyl (C=O) groups excluding carboxylic acids is 1. The molecule has 8 nitrogen and oxygen atoms in total. The Balaban J connectivity index is 4.60. The minimum atomic E-state index is -1.57. The van der Waals surface area contributed by atoms with Crippen LogP contribution in [-0.4, -0.2) is 48.3 Å². The first-order valence-electron chi connectivity index (χ1n) is 4.70. The van der Waals surface area contributed by atoms with E-state index >= 15 is 0 Å². The lowest BCUT2D eigenvalue weighted by Gasteiger charge is -2.24. The van der Waals surface area contributed by atoms with Gasteiger partial charge in [0, 0.05) is 0 Å². The molecule has 0 atom stereocenters. The predicted octanol–water partition coefficient (Wildman–Crippen LogP) is 0.945. The van der Waals surface area contributed by atoms with E-state index in [2.05, 4.69) is 14.2 Å². The highest BCUT2D eigenvalue weighted by atomic mass is 16.7. The van der Waals surface area contributed by atoms with E-state index < -0.39 is 36.9 Å². The van der Waals surface area contributed by atoms with E-state index in [0.29, 0.717) is 0 Å². The summed E-state index contributed by atoms with van der Waals surface area (Å²) < 4.78 is 13.2. The maximum Gasteiger partial charge on any atom is 0.505 e. The Labute approximate surface area is 97.1 Å². The quantitative estimate of drug-likeness (QED) is 0.528. The van der Waals surface area contributed by atoms with E-state index in [4.69, 9.17) is 10.2 Å². The first kappa shape index (κ1) is 15.0. The van der Waals surface area contributed by atoms with E-state index in [-0.39, 0.29) is 6.61 Å². The lowest BCUT2D eigenvalue weighted by Crippen LogP contribution is -2.40. The number of carbonyl (C=O) groups is 3. The molecule has 0 amide bonds. The zero-order valence-electron chi connectivity index (χ0n) is 9.47. The van der Waals surface area contributed by atoms with Crippen LogP contribution >= 0.6 is 0 Å². The van der Waals surface area contributed by atoms with Crippen molar-refractivity contribution in [2.45, 2.75) is 13.8 Å². The molecule has 98 valence electrons. The van der Waals surface area contributed by atoms with Gasteiger partial charge in [0.25, 0.3) is 0 Å². The topological polar surface area (TPSA) is 119 Å². The minimum Gasteiger partial charge on any atom is -0.465 e. The zero-order valence-corrected chi connectivity index (χ0v) is 9.47. The van der Waals surface area contributed by atoms with Gasteiger partial charge in [-0.1, -0.05) is 0 Å². The maximum atomic E-state index is 11.5. The van der Waals surface area contributed by atoms with Crippen LogP contribution in [0.1, 0.15) is 13.8 Å². The summed E-state index contributed by atoms with van der Waals surface area (Å²) >= 11 is 0. The molecule has 0 aromatic rings. The maximum absolute atomic E-state index is 11.5. The van der Waals surface area contributed by atoms with Crippen molar-refractivity contribution in [3.63, 3.8) is 0 Å². The number of carboxylic acid groups (broad SMARTS) is 2. The van der Waals surface area contributed by atoms with Crippen LogP contribution < -0.4 is 0 Å². The number of ether oxygens (including phenoxy) is 3. The summed E-state index contributed by atoms with van der Waals surface area (Å²) in [4.78, 5) is 32.0. The molecule has 0 aromatic heterocycles. The highest BCUT2D eigenvalue weighted by Gasteiger charge is 2.38. The molecular formula is C9H14O8. The van der Waals surface area contributed by atoms with Crippen LogP contribution in [-0.2, 0) is 19.0 Å². The fraction of sp³-hybridized carbons (Fsp3) is 0.667. The molecule has 0 spiro atoms. The molecule has 0 heterocycles. The zero-order chi connectivity index (χ0) is 13.5. The second-order valence-electron chi connectivity index (χ2n) is 3.39. The molecule has 0 aliphatic rings. The third-order valence-corrected chi connectivity index (χ3v) is 1.80. The van der Waals surface area contributed by atoms with Crippen molar-refractivity contribution in [1.82, 2.24) is 0 Å². The summed E-state index contributed by atoms with van der Waals surface area (Å²) in [7, 11) is 0. The first-order valence-corrected chi connectivity index (χ1v) is 4.70. The lowest BCUT2D eigenvalue weighted by molar-refractivity contribution is -0.160. The van der Waals surface area contributed by atoms with Crippen LogP contribution in [0.3, 0.4) is 0 Å². The van der Waals surface area contributed by atoms with Crippen molar-refractivity contribution < 1.29 is 38.8 Å². The summed E-state index contributed by atoms with van der Waals surface area (Å²) in [5, 5.41) is 16.7. The van der Waals surface area contributed by atoms with Crippen molar-refractivity contribution in [3.8, 4) is 0 Å². The van der Waals surface area contributed by atoms with Gasteiger partial charge in [-0.2, -0.15) is 0 Å². The minimum absolute atomic E-state index is 0.0779. The Morgan fingerprint density at radius 1 is 1.00 bits per heavy atom. The first-order chi connectivity index (χ1) is 7.81. The van der Waals surface area contributed by atoms with Gasteiger partial charge in [-0.15, -0.1) is 0 Å². The van der Waals surface area contributed by atoms with E-state index in [1.807, 2.05) is 0 Å². The fourth-order valence-electron chi connectivity index (χ4n) is 0.907. The summed E-state index contributed by atoms with van der Waals surface area (Å²) in [6, 6.07) is 0. The summed E-state index contributed by atoms with van der Waals surface area (Å²) in [6.45, 7) is 1.84. The second kappa shape index (κ2) is 6.56. The fourth-order valence-corrected chi connectivity index (χ4v) is 0.907. The van der Waals surface area contributed by atoms with Gasteiger partial charge in [-0.25, -0.2) is 9.59 Å². The van der Waals surface area contributed by atoms with E-state index in [1.54, 1.807) is 6.92 Å². The molecule has 8 heteroatoms. The Bertz CT molecular complexity index is 279. The molecule has 0 aliphatic heterocycles. The van der Waals surface area contributed by atoms with Gasteiger partial charge in [0.05, 0.1) is 6.61 Å². The van der Waals surface area contributed by atoms with Crippen LogP contribution in [0.2, 0.25) is 0 Å². The average molecular weight is 250 g/mol. The standard InChI is InChI=1S/C9H14O8/c1-3-15-6(10)9(2,4-16-7(11)12)5-17-8(13)14/h3-5H2,1-2H3,(H,11,12)(H,13,14). The normalized spacial score (nSPS) is 10.5. The van der Waals surface area contributed by atoms with Gasteiger partial charge >= 0.3 is 18.3 Å². The smallest absolute Gasteiger partial charge is 0.465 e. The SMILES string of the molecule is CCOC(=O)C(C)(COC(=O)O)COC(=O)O. The number of esters is 1. The van der Waals surface area contributed by atoms with E-state index in [9.17, 15) is 14.4 Å². The van der Waals surface area contributed by atoms with Gasteiger partial charge in [0.15, 0.2) is 0 Å². The molecule has 0 radical (unpaired) electrons. The Hall–Kier alpha value is -1.99. The Morgan fingerprint density at radius 3 is 1.71 bits per heavy atom. The van der Waals surface area contributed by atoms with Gasteiger partial charge < -0.3 is 24.4 Å². The Morgan fingerprint density at radius 2 is 1.41 bits per heavy atom. The predicted molar refractivity (Wildman–Crippen MR) is 52.7 cm³/mol. The van der Waals surface area contributed by atoms with Gasteiger partial charge in [-0.05, 0) is 13.8 Å². The van der Waals surface area contributed by atoms with E-state index in [0.717, 1.165) is 0 Å². The molecule has 0 saturated carbocycles. The Kier molecular flexibility index (Phi) is 5.79. The van der Waals surface area contributed by atoms with Gasteiger partial charge in [0.1, 0.15) is 18.6 Å². The molecule has 0 aliphatic carbocycles.